The summed E-state index contributed by atoms with van der Waals surface area (Å²) in [5, 5.41) is 4.21. The molecular formula is C15H17N3O3. The number of rotatable bonds is 6. The molecule has 0 atom stereocenters. The number of hydrogen-bond donors (Lipinski definition) is 0. The Morgan fingerprint density at radius 1 is 1.24 bits per heavy atom. The van der Waals surface area contributed by atoms with Gasteiger partial charge in [0.2, 0.25) is 5.78 Å². The second kappa shape index (κ2) is 6.78. The van der Waals surface area contributed by atoms with Crippen molar-refractivity contribution in [1.29, 1.82) is 0 Å². The van der Waals surface area contributed by atoms with Crippen LogP contribution in [-0.4, -0.2) is 33.1 Å². The lowest BCUT2D eigenvalue weighted by molar-refractivity contribution is -0.141. The van der Waals surface area contributed by atoms with Crippen molar-refractivity contribution in [2.24, 2.45) is 0 Å². The van der Waals surface area contributed by atoms with Gasteiger partial charge in [0.25, 0.3) is 0 Å². The molecule has 1 aromatic heterocycles. The van der Waals surface area contributed by atoms with Gasteiger partial charge < -0.3 is 4.74 Å². The molecule has 0 aliphatic heterocycles. The van der Waals surface area contributed by atoms with Gasteiger partial charge in [-0.2, -0.15) is 5.10 Å². The Hall–Kier alpha value is -2.50. The second-order valence-electron chi connectivity index (χ2n) is 4.53. The van der Waals surface area contributed by atoms with Crippen LogP contribution in [0.3, 0.4) is 0 Å². The van der Waals surface area contributed by atoms with Crippen molar-refractivity contribution in [2.75, 3.05) is 6.61 Å². The summed E-state index contributed by atoms with van der Waals surface area (Å²) in [6.07, 6.45) is -0.319. The van der Waals surface area contributed by atoms with Gasteiger partial charge in [-0.3, -0.25) is 9.59 Å². The summed E-state index contributed by atoms with van der Waals surface area (Å²) < 4.78 is 6.30. The highest BCUT2D eigenvalue weighted by atomic mass is 16.5. The predicted octanol–water partition coefficient (Wildman–Crippen LogP) is 1.77. The molecule has 0 radical (unpaired) electrons. The molecule has 0 aliphatic carbocycles. The van der Waals surface area contributed by atoms with Gasteiger partial charge in [0.15, 0.2) is 5.82 Å². The third-order valence-electron chi connectivity index (χ3n) is 2.81. The van der Waals surface area contributed by atoms with Gasteiger partial charge in [-0.15, -0.1) is 0 Å². The van der Waals surface area contributed by atoms with E-state index in [0.717, 1.165) is 5.56 Å². The number of esters is 1. The highest BCUT2D eigenvalue weighted by Gasteiger charge is 2.19. The van der Waals surface area contributed by atoms with Crippen LogP contribution in [0.25, 0.3) is 0 Å². The van der Waals surface area contributed by atoms with Gasteiger partial charge in [-0.1, -0.05) is 30.3 Å². The molecule has 0 aliphatic rings. The molecule has 0 saturated carbocycles. The molecule has 0 unspecified atom stereocenters. The van der Waals surface area contributed by atoms with E-state index in [2.05, 4.69) is 10.1 Å². The SMILES string of the molecule is CCOC(=O)CC(=O)c1nc(C)nn1Cc1ccccc1. The Balaban J connectivity index is 2.16. The smallest absolute Gasteiger partial charge is 0.313 e. The molecule has 21 heavy (non-hydrogen) atoms. The standard InChI is InChI=1S/C15H17N3O3/c1-3-21-14(20)9-13(19)15-16-11(2)17-18(15)10-12-7-5-4-6-8-12/h4-8H,3,9-10H2,1-2H3. The fourth-order valence-electron chi connectivity index (χ4n) is 1.95. The maximum absolute atomic E-state index is 12.1. The quantitative estimate of drug-likeness (QED) is 0.460. The minimum absolute atomic E-state index is 0.185. The lowest BCUT2D eigenvalue weighted by atomic mass is 10.2. The van der Waals surface area contributed by atoms with Crippen molar-refractivity contribution >= 4 is 11.8 Å². The zero-order valence-electron chi connectivity index (χ0n) is 12.1. The summed E-state index contributed by atoms with van der Waals surface area (Å²) in [5.41, 5.74) is 1.01. The van der Waals surface area contributed by atoms with E-state index in [-0.39, 0.29) is 24.6 Å². The van der Waals surface area contributed by atoms with Crippen molar-refractivity contribution in [1.82, 2.24) is 14.8 Å². The summed E-state index contributed by atoms with van der Waals surface area (Å²) in [4.78, 5) is 27.6. The Morgan fingerprint density at radius 3 is 2.62 bits per heavy atom. The molecule has 6 nitrogen and oxygen atoms in total. The number of ether oxygens (including phenoxy) is 1. The number of hydrogen-bond acceptors (Lipinski definition) is 5. The van der Waals surface area contributed by atoms with E-state index < -0.39 is 5.97 Å². The normalized spacial score (nSPS) is 10.4. The van der Waals surface area contributed by atoms with Crippen LogP contribution < -0.4 is 0 Å². The fraction of sp³-hybridized carbons (Fsp3) is 0.333. The minimum Gasteiger partial charge on any atom is -0.466 e. The number of Topliss-reactive ketones (excluding diaryl/α,β-unsaturated/α-hetero) is 1. The van der Waals surface area contributed by atoms with Gasteiger partial charge in [0.05, 0.1) is 13.2 Å². The molecule has 6 heteroatoms. The summed E-state index contributed by atoms with van der Waals surface area (Å²) in [6.45, 7) is 4.10. The first-order valence-electron chi connectivity index (χ1n) is 6.74. The molecule has 0 spiro atoms. The van der Waals surface area contributed by atoms with Crippen molar-refractivity contribution < 1.29 is 14.3 Å². The Bertz CT molecular complexity index is 635. The van der Waals surface area contributed by atoms with Gasteiger partial charge >= 0.3 is 5.97 Å². The van der Waals surface area contributed by atoms with E-state index in [1.807, 2.05) is 30.3 Å². The zero-order chi connectivity index (χ0) is 15.2. The van der Waals surface area contributed by atoms with Crippen LogP contribution >= 0.6 is 0 Å². The van der Waals surface area contributed by atoms with Crippen LogP contribution in [0.15, 0.2) is 30.3 Å². The third kappa shape index (κ3) is 3.98. The van der Waals surface area contributed by atoms with Crippen LogP contribution in [-0.2, 0) is 16.1 Å². The van der Waals surface area contributed by atoms with E-state index in [0.29, 0.717) is 12.4 Å². The second-order valence-corrected chi connectivity index (χ2v) is 4.53. The molecule has 0 bridgehead atoms. The molecular weight excluding hydrogens is 270 g/mol. The summed E-state index contributed by atoms with van der Waals surface area (Å²) in [7, 11) is 0. The number of carbonyl (C=O) groups is 2. The first-order chi connectivity index (χ1) is 10.1. The van der Waals surface area contributed by atoms with Gasteiger partial charge in [0, 0.05) is 0 Å². The lowest BCUT2D eigenvalue weighted by Gasteiger charge is -2.05. The molecule has 2 aromatic rings. The molecule has 110 valence electrons. The predicted molar refractivity (Wildman–Crippen MR) is 75.9 cm³/mol. The molecule has 0 amide bonds. The first kappa shape index (κ1) is 14.9. The fourth-order valence-corrected chi connectivity index (χ4v) is 1.95. The highest BCUT2D eigenvalue weighted by Crippen LogP contribution is 2.08. The van der Waals surface area contributed by atoms with Crippen LogP contribution in [0.1, 0.15) is 35.4 Å². The molecule has 0 N–H and O–H groups in total. The van der Waals surface area contributed by atoms with Crippen molar-refractivity contribution in [3.05, 3.63) is 47.5 Å². The van der Waals surface area contributed by atoms with E-state index >= 15 is 0 Å². The lowest BCUT2D eigenvalue weighted by Crippen LogP contribution is -2.17. The Morgan fingerprint density at radius 2 is 1.95 bits per heavy atom. The maximum Gasteiger partial charge on any atom is 0.313 e. The number of benzene rings is 1. The van der Waals surface area contributed by atoms with E-state index in [1.54, 1.807) is 13.8 Å². The Kier molecular flexibility index (Phi) is 4.81. The average molecular weight is 287 g/mol. The van der Waals surface area contributed by atoms with Crippen molar-refractivity contribution in [3.8, 4) is 0 Å². The summed E-state index contributed by atoms with van der Waals surface area (Å²) in [5.74, 6) is -0.248. The topological polar surface area (TPSA) is 74.1 Å². The monoisotopic (exact) mass is 287 g/mol. The molecule has 0 saturated heterocycles. The Labute approximate surface area is 122 Å². The van der Waals surface area contributed by atoms with Crippen LogP contribution in [0.5, 0.6) is 0 Å². The molecule has 0 fully saturated rings. The van der Waals surface area contributed by atoms with E-state index in [4.69, 9.17) is 4.74 Å². The molecule has 1 heterocycles. The van der Waals surface area contributed by atoms with Crippen LogP contribution in [0.4, 0.5) is 0 Å². The first-order valence-corrected chi connectivity index (χ1v) is 6.74. The average Bonchev–Trinajstić information content (AvgIpc) is 2.81. The van der Waals surface area contributed by atoms with Crippen LogP contribution in [0.2, 0.25) is 0 Å². The van der Waals surface area contributed by atoms with Crippen LogP contribution in [0, 0.1) is 6.92 Å². The van der Waals surface area contributed by atoms with Crippen molar-refractivity contribution in [2.45, 2.75) is 26.8 Å². The van der Waals surface area contributed by atoms with Crippen molar-refractivity contribution in [3.63, 3.8) is 0 Å². The van der Waals surface area contributed by atoms with Gasteiger partial charge in [-0.25, -0.2) is 9.67 Å². The van der Waals surface area contributed by atoms with Gasteiger partial charge in [-0.05, 0) is 19.4 Å². The number of aryl methyl sites for hydroxylation is 1. The maximum atomic E-state index is 12.1. The third-order valence-corrected chi connectivity index (χ3v) is 2.81. The minimum atomic E-state index is -0.547. The number of carbonyl (C=O) groups excluding carboxylic acids is 2. The highest BCUT2D eigenvalue weighted by molar-refractivity contribution is 6.03. The summed E-state index contributed by atoms with van der Waals surface area (Å²) >= 11 is 0. The van der Waals surface area contributed by atoms with E-state index in [1.165, 1.54) is 4.68 Å². The number of ketones is 1. The van der Waals surface area contributed by atoms with Gasteiger partial charge in [0.1, 0.15) is 12.2 Å². The van der Waals surface area contributed by atoms with E-state index in [9.17, 15) is 9.59 Å². The number of nitrogens with zero attached hydrogens (tertiary/aromatic N) is 3. The number of aromatic nitrogens is 3. The molecule has 2 rings (SSSR count). The zero-order valence-corrected chi connectivity index (χ0v) is 12.1. The summed E-state index contributed by atoms with van der Waals surface area (Å²) in [6, 6.07) is 9.63. The largest absolute Gasteiger partial charge is 0.466 e. The molecule has 1 aromatic carbocycles.